The van der Waals surface area contributed by atoms with Crippen LogP contribution >= 0.6 is 0 Å². The van der Waals surface area contributed by atoms with Crippen molar-refractivity contribution in [3.8, 4) is 0 Å². The van der Waals surface area contributed by atoms with Crippen LogP contribution in [0.15, 0.2) is 72.2 Å². The molecule has 2 heterocycles. The molecule has 1 fully saturated rings. The van der Waals surface area contributed by atoms with Crippen LogP contribution in [0.3, 0.4) is 0 Å². The summed E-state index contributed by atoms with van der Waals surface area (Å²) in [6, 6.07) is 17.3. The fraction of sp³-hybridized carbons (Fsp3) is 0.385. The molecule has 2 atom stereocenters. The summed E-state index contributed by atoms with van der Waals surface area (Å²) in [6.45, 7) is 5.33. The molecule has 6 heteroatoms. The van der Waals surface area contributed by atoms with Crippen LogP contribution in [0.5, 0.6) is 0 Å². The molecule has 0 radical (unpaired) electrons. The predicted molar refractivity (Wildman–Crippen MR) is 129 cm³/mol. The Morgan fingerprint density at radius 2 is 2.00 bits per heavy atom. The first-order valence-electron chi connectivity index (χ1n) is 11.4. The van der Waals surface area contributed by atoms with E-state index in [0.717, 1.165) is 45.0 Å². The molecule has 0 saturated carbocycles. The molecule has 0 aliphatic carbocycles. The Bertz CT molecular complexity index is 997. The number of guanidine groups is 1. The SMILES string of the molecule is CN=C(NCc1cccc(Cn2ccnc2)c1)NCC1CCCOC1c1ccc(C)cc1. The van der Waals surface area contributed by atoms with Gasteiger partial charge in [-0.2, -0.15) is 0 Å². The lowest BCUT2D eigenvalue weighted by molar-refractivity contribution is -0.0265. The van der Waals surface area contributed by atoms with E-state index >= 15 is 0 Å². The first-order valence-corrected chi connectivity index (χ1v) is 11.4. The van der Waals surface area contributed by atoms with Gasteiger partial charge in [-0.25, -0.2) is 4.98 Å². The van der Waals surface area contributed by atoms with Crippen LogP contribution in [-0.4, -0.2) is 35.7 Å². The number of aryl methyl sites for hydroxylation is 1. The summed E-state index contributed by atoms with van der Waals surface area (Å²) in [5, 5.41) is 6.97. The van der Waals surface area contributed by atoms with Gasteiger partial charge in [0, 0.05) is 51.6 Å². The van der Waals surface area contributed by atoms with Gasteiger partial charge in [0.25, 0.3) is 0 Å². The van der Waals surface area contributed by atoms with E-state index in [1.165, 1.54) is 22.3 Å². The lowest BCUT2D eigenvalue weighted by Gasteiger charge is -2.32. The molecular formula is C26H33N5O. The number of nitrogens with one attached hydrogen (secondary N) is 2. The zero-order valence-electron chi connectivity index (χ0n) is 19.0. The number of nitrogens with zero attached hydrogens (tertiary/aromatic N) is 3. The van der Waals surface area contributed by atoms with Crippen LogP contribution < -0.4 is 10.6 Å². The molecule has 2 N–H and O–H groups in total. The van der Waals surface area contributed by atoms with Crippen LogP contribution in [0.25, 0.3) is 0 Å². The van der Waals surface area contributed by atoms with E-state index in [0.29, 0.717) is 5.92 Å². The van der Waals surface area contributed by atoms with Crippen molar-refractivity contribution < 1.29 is 4.74 Å². The maximum absolute atomic E-state index is 6.16. The van der Waals surface area contributed by atoms with Gasteiger partial charge in [0.05, 0.1) is 12.4 Å². The summed E-state index contributed by atoms with van der Waals surface area (Å²) in [5.74, 6) is 1.24. The van der Waals surface area contributed by atoms with Crippen LogP contribution in [0, 0.1) is 12.8 Å². The molecule has 2 unspecified atom stereocenters. The Labute approximate surface area is 190 Å². The van der Waals surface area contributed by atoms with E-state index in [4.69, 9.17) is 4.74 Å². The average molecular weight is 432 g/mol. The van der Waals surface area contributed by atoms with Crippen molar-refractivity contribution in [3.05, 3.63) is 89.5 Å². The molecular weight excluding hydrogens is 398 g/mol. The topological polar surface area (TPSA) is 63.5 Å². The maximum Gasteiger partial charge on any atom is 0.191 e. The highest BCUT2D eigenvalue weighted by Gasteiger charge is 2.27. The minimum Gasteiger partial charge on any atom is -0.373 e. The number of ether oxygens (including phenoxy) is 1. The molecule has 0 amide bonds. The molecule has 6 nitrogen and oxygen atoms in total. The van der Waals surface area contributed by atoms with Gasteiger partial charge >= 0.3 is 0 Å². The van der Waals surface area contributed by atoms with E-state index in [1.807, 2.05) is 25.8 Å². The van der Waals surface area contributed by atoms with Crippen molar-refractivity contribution in [3.63, 3.8) is 0 Å². The van der Waals surface area contributed by atoms with Gasteiger partial charge in [0.1, 0.15) is 0 Å². The van der Waals surface area contributed by atoms with E-state index in [9.17, 15) is 0 Å². The Morgan fingerprint density at radius 3 is 2.78 bits per heavy atom. The Morgan fingerprint density at radius 1 is 1.16 bits per heavy atom. The zero-order valence-corrected chi connectivity index (χ0v) is 19.0. The summed E-state index contributed by atoms with van der Waals surface area (Å²) >= 11 is 0. The second-order valence-corrected chi connectivity index (χ2v) is 8.47. The van der Waals surface area contributed by atoms with E-state index in [-0.39, 0.29) is 6.10 Å². The Kier molecular flexibility index (Phi) is 7.56. The maximum atomic E-state index is 6.16. The van der Waals surface area contributed by atoms with Crippen molar-refractivity contribution in [1.82, 2.24) is 20.2 Å². The first kappa shape index (κ1) is 22.1. The summed E-state index contributed by atoms with van der Waals surface area (Å²) < 4.78 is 8.23. The largest absolute Gasteiger partial charge is 0.373 e. The zero-order chi connectivity index (χ0) is 22.2. The molecule has 0 bridgehead atoms. The number of hydrogen-bond acceptors (Lipinski definition) is 3. The molecule has 1 aliphatic rings. The number of imidazole rings is 1. The van der Waals surface area contributed by atoms with Gasteiger partial charge in [0.15, 0.2) is 5.96 Å². The van der Waals surface area contributed by atoms with Gasteiger partial charge in [-0.05, 0) is 36.5 Å². The number of benzene rings is 2. The highest BCUT2D eigenvalue weighted by Crippen LogP contribution is 2.33. The molecule has 2 aromatic carbocycles. The monoisotopic (exact) mass is 431 g/mol. The molecule has 1 aliphatic heterocycles. The van der Waals surface area contributed by atoms with E-state index in [1.54, 1.807) is 0 Å². The second-order valence-electron chi connectivity index (χ2n) is 8.47. The van der Waals surface area contributed by atoms with Crippen molar-refractivity contribution in [1.29, 1.82) is 0 Å². The highest BCUT2D eigenvalue weighted by molar-refractivity contribution is 5.79. The molecule has 1 aromatic heterocycles. The third-order valence-corrected chi connectivity index (χ3v) is 5.98. The van der Waals surface area contributed by atoms with Crippen LogP contribution in [0.1, 0.15) is 41.2 Å². The van der Waals surface area contributed by atoms with Crippen molar-refractivity contribution in [2.75, 3.05) is 20.2 Å². The van der Waals surface area contributed by atoms with Crippen LogP contribution in [0.2, 0.25) is 0 Å². The fourth-order valence-electron chi connectivity index (χ4n) is 4.24. The highest BCUT2D eigenvalue weighted by atomic mass is 16.5. The molecule has 4 rings (SSSR count). The number of aromatic nitrogens is 2. The smallest absolute Gasteiger partial charge is 0.191 e. The predicted octanol–water partition coefficient (Wildman–Crippen LogP) is 4.07. The summed E-state index contributed by atoms with van der Waals surface area (Å²) in [5.41, 5.74) is 5.02. The average Bonchev–Trinajstić information content (AvgIpc) is 3.33. The second kappa shape index (κ2) is 11.0. The fourth-order valence-corrected chi connectivity index (χ4v) is 4.24. The molecule has 168 valence electrons. The Hall–Kier alpha value is -3.12. The third-order valence-electron chi connectivity index (χ3n) is 5.98. The third kappa shape index (κ3) is 5.98. The summed E-state index contributed by atoms with van der Waals surface area (Å²) in [7, 11) is 1.82. The number of aliphatic imine (C=N–C) groups is 1. The molecule has 1 saturated heterocycles. The Balaban J connectivity index is 1.31. The quantitative estimate of drug-likeness (QED) is 0.437. The summed E-state index contributed by atoms with van der Waals surface area (Å²) in [4.78, 5) is 8.54. The normalized spacial score (nSPS) is 19.0. The number of hydrogen-bond donors (Lipinski definition) is 2. The molecule has 3 aromatic rings. The van der Waals surface area contributed by atoms with Gasteiger partial charge in [-0.3, -0.25) is 4.99 Å². The van der Waals surface area contributed by atoms with Crippen LogP contribution in [-0.2, 0) is 17.8 Å². The lowest BCUT2D eigenvalue weighted by Crippen LogP contribution is -2.41. The lowest BCUT2D eigenvalue weighted by atomic mass is 9.89. The molecule has 0 spiro atoms. The van der Waals surface area contributed by atoms with E-state index in [2.05, 4.69) is 80.6 Å². The number of rotatable bonds is 7. The van der Waals surface area contributed by atoms with E-state index < -0.39 is 0 Å². The minimum absolute atomic E-state index is 0.134. The van der Waals surface area contributed by atoms with Crippen molar-refractivity contribution in [2.45, 2.75) is 39.0 Å². The summed E-state index contributed by atoms with van der Waals surface area (Å²) in [6.07, 6.45) is 8.02. The van der Waals surface area contributed by atoms with Gasteiger partial charge in [-0.1, -0.05) is 54.1 Å². The molecule has 32 heavy (non-hydrogen) atoms. The standard InChI is InChI=1S/C26H33N5O/c1-20-8-10-23(11-9-20)25-24(7-4-14-32-25)17-30-26(27-2)29-16-21-5-3-6-22(15-21)18-31-13-12-28-19-31/h3,5-6,8-13,15,19,24-25H,4,7,14,16-18H2,1-2H3,(H2,27,29,30). The van der Waals surface area contributed by atoms with Gasteiger partial charge < -0.3 is 19.9 Å². The van der Waals surface area contributed by atoms with Crippen molar-refractivity contribution in [2.24, 2.45) is 10.9 Å². The van der Waals surface area contributed by atoms with Crippen molar-refractivity contribution >= 4 is 5.96 Å². The first-order chi connectivity index (χ1) is 15.7. The van der Waals surface area contributed by atoms with Gasteiger partial charge in [0.2, 0.25) is 0 Å². The van der Waals surface area contributed by atoms with Crippen LogP contribution in [0.4, 0.5) is 0 Å². The van der Waals surface area contributed by atoms with Gasteiger partial charge in [-0.15, -0.1) is 0 Å². The minimum atomic E-state index is 0.134.